The molecule has 1 atom stereocenters. The van der Waals surface area contributed by atoms with Crippen LogP contribution in [-0.2, 0) is 24.8 Å². The SMILES string of the molecule is COc1ccc(N2C(=O)C(C)CS2(=O)=O)cc1S(=O)(=O)Nc1cc(Cl)cc(Cl)c1. The first-order chi connectivity index (χ1) is 13.4. The van der Waals surface area contributed by atoms with Crippen LogP contribution in [-0.4, -0.2) is 35.6 Å². The average molecular weight is 479 g/mol. The number of sulfonamides is 2. The Morgan fingerprint density at radius 2 is 1.76 bits per heavy atom. The van der Waals surface area contributed by atoms with Crippen molar-refractivity contribution < 1.29 is 26.4 Å². The topological polar surface area (TPSA) is 110 Å². The Bertz CT molecular complexity index is 1180. The van der Waals surface area contributed by atoms with Crippen molar-refractivity contribution in [2.45, 2.75) is 11.8 Å². The van der Waals surface area contributed by atoms with Crippen LogP contribution in [0.3, 0.4) is 0 Å². The molecular weight excluding hydrogens is 463 g/mol. The van der Waals surface area contributed by atoms with Crippen molar-refractivity contribution >= 4 is 60.5 Å². The molecule has 2 aromatic carbocycles. The first kappa shape index (κ1) is 21.7. The molecule has 8 nitrogen and oxygen atoms in total. The molecule has 0 bridgehead atoms. The van der Waals surface area contributed by atoms with Gasteiger partial charge in [-0.05, 0) is 36.4 Å². The van der Waals surface area contributed by atoms with Gasteiger partial charge >= 0.3 is 0 Å². The van der Waals surface area contributed by atoms with Crippen molar-refractivity contribution in [1.82, 2.24) is 0 Å². The molecule has 1 aliphatic heterocycles. The van der Waals surface area contributed by atoms with Crippen LogP contribution < -0.4 is 13.8 Å². The van der Waals surface area contributed by atoms with Crippen LogP contribution in [0.1, 0.15) is 6.92 Å². The standard InChI is InChI=1S/C17H16Cl2N2O6S2/c1-10-9-28(23,24)21(17(10)22)14-3-4-15(27-2)16(8-14)29(25,26)20-13-6-11(18)5-12(19)7-13/h3-8,10,20H,9H2,1-2H3. The largest absolute Gasteiger partial charge is 0.495 e. The lowest BCUT2D eigenvalue weighted by molar-refractivity contribution is -0.119. The third kappa shape index (κ3) is 4.30. The van der Waals surface area contributed by atoms with Gasteiger partial charge in [-0.2, -0.15) is 0 Å². The number of nitrogens with one attached hydrogen (secondary N) is 1. The van der Waals surface area contributed by atoms with Crippen molar-refractivity contribution in [2.24, 2.45) is 5.92 Å². The van der Waals surface area contributed by atoms with E-state index in [0.717, 1.165) is 6.07 Å². The van der Waals surface area contributed by atoms with Crippen LogP contribution in [0.25, 0.3) is 0 Å². The van der Waals surface area contributed by atoms with Gasteiger partial charge in [-0.25, -0.2) is 21.1 Å². The number of anilines is 2. The first-order valence-corrected chi connectivity index (χ1v) is 12.0. The summed E-state index contributed by atoms with van der Waals surface area (Å²) in [5, 5.41) is 0.442. The summed E-state index contributed by atoms with van der Waals surface area (Å²) >= 11 is 11.8. The summed E-state index contributed by atoms with van der Waals surface area (Å²) in [7, 11) is -6.86. The Morgan fingerprint density at radius 3 is 2.28 bits per heavy atom. The molecule has 12 heteroatoms. The predicted octanol–water partition coefficient (Wildman–Crippen LogP) is 3.12. The molecule has 0 spiro atoms. The highest BCUT2D eigenvalue weighted by Gasteiger charge is 2.42. The second-order valence-corrected chi connectivity index (χ2v) is 10.8. The van der Waals surface area contributed by atoms with Gasteiger partial charge in [0.2, 0.25) is 15.9 Å². The molecule has 0 radical (unpaired) electrons. The fourth-order valence-electron chi connectivity index (χ4n) is 2.91. The molecule has 1 N–H and O–H groups in total. The Balaban J connectivity index is 2.09. The number of methoxy groups -OCH3 is 1. The molecule has 0 aliphatic carbocycles. The zero-order valence-corrected chi connectivity index (χ0v) is 18.4. The first-order valence-electron chi connectivity index (χ1n) is 8.18. The third-order valence-electron chi connectivity index (χ3n) is 4.15. The second kappa shape index (κ2) is 7.67. The minimum Gasteiger partial charge on any atom is -0.495 e. The number of amides is 1. The van der Waals surface area contributed by atoms with E-state index in [0.29, 0.717) is 4.31 Å². The van der Waals surface area contributed by atoms with Crippen molar-refractivity contribution in [3.05, 3.63) is 46.4 Å². The van der Waals surface area contributed by atoms with Crippen LogP contribution in [0.15, 0.2) is 41.3 Å². The molecule has 2 aromatic rings. The van der Waals surface area contributed by atoms with Crippen LogP contribution in [0.5, 0.6) is 5.75 Å². The van der Waals surface area contributed by atoms with Gasteiger partial charge in [-0.1, -0.05) is 30.1 Å². The van der Waals surface area contributed by atoms with Crippen LogP contribution >= 0.6 is 23.2 Å². The predicted molar refractivity (Wildman–Crippen MR) is 111 cm³/mol. The lowest BCUT2D eigenvalue weighted by atomic mass is 10.2. The van der Waals surface area contributed by atoms with E-state index in [1.54, 1.807) is 0 Å². The van der Waals surface area contributed by atoms with E-state index in [4.69, 9.17) is 27.9 Å². The maximum absolute atomic E-state index is 12.9. The smallest absolute Gasteiger partial charge is 0.265 e. The normalized spacial score (nSPS) is 18.7. The van der Waals surface area contributed by atoms with E-state index in [2.05, 4.69) is 4.72 Å². The lowest BCUT2D eigenvalue weighted by Gasteiger charge is -2.18. The van der Waals surface area contributed by atoms with Gasteiger partial charge in [-0.15, -0.1) is 0 Å². The number of carbonyl (C=O) groups is 1. The highest BCUT2D eigenvalue weighted by molar-refractivity contribution is 7.94. The summed E-state index contributed by atoms with van der Waals surface area (Å²) in [4.78, 5) is 12.0. The van der Waals surface area contributed by atoms with Crippen LogP contribution in [0.4, 0.5) is 11.4 Å². The number of hydrogen-bond donors (Lipinski definition) is 1. The Morgan fingerprint density at radius 1 is 1.14 bits per heavy atom. The number of nitrogens with zero attached hydrogens (tertiary/aromatic N) is 1. The zero-order valence-electron chi connectivity index (χ0n) is 15.2. The summed E-state index contributed by atoms with van der Waals surface area (Å²) in [5.41, 5.74) is 0.0121. The summed E-state index contributed by atoms with van der Waals surface area (Å²) in [6, 6.07) is 7.81. The Hall–Kier alpha value is -2.01. The van der Waals surface area contributed by atoms with E-state index < -0.39 is 31.9 Å². The quantitative estimate of drug-likeness (QED) is 0.706. The molecule has 1 aliphatic rings. The van der Waals surface area contributed by atoms with E-state index in [1.165, 1.54) is 44.4 Å². The third-order valence-corrected chi connectivity index (χ3v) is 7.85. The molecule has 1 amide bonds. The van der Waals surface area contributed by atoms with Gasteiger partial charge in [0.15, 0.2) is 0 Å². The molecule has 1 saturated heterocycles. The summed E-state index contributed by atoms with van der Waals surface area (Å²) in [6.45, 7) is 1.49. The summed E-state index contributed by atoms with van der Waals surface area (Å²) < 4.78 is 58.6. The van der Waals surface area contributed by atoms with E-state index in [1.807, 2.05) is 0 Å². The van der Waals surface area contributed by atoms with Gasteiger partial charge in [0.1, 0.15) is 10.6 Å². The van der Waals surface area contributed by atoms with Crippen molar-refractivity contribution in [2.75, 3.05) is 21.9 Å². The van der Waals surface area contributed by atoms with Gasteiger partial charge in [0.25, 0.3) is 10.0 Å². The number of benzene rings is 2. The number of hydrogen-bond acceptors (Lipinski definition) is 6. The molecule has 0 saturated carbocycles. The number of ether oxygens (including phenoxy) is 1. The Kier molecular flexibility index (Phi) is 5.74. The molecule has 1 heterocycles. The van der Waals surface area contributed by atoms with E-state index in [-0.39, 0.29) is 37.8 Å². The summed E-state index contributed by atoms with van der Waals surface area (Å²) in [6.07, 6.45) is 0. The molecule has 1 unspecified atom stereocenters. The van der Waals surface area contributed by atoms with Gasteiger partial charge in [-0.3, -0.25) is 9.52 Å². The minimum atomic E-state index is -4.24. The second-order valence-electron chi connectivity index (χ2n) is 6.38. The average Bonchev–Trinajstić information content (AvgIpc) is 2.80. The maximum Gasteiger partial charge on any atom is 0.265 e. The van der Waals surface area contributed by atoms with Gasteiger partial charge in [0, 0.05) is 10.0 Å². The molecular formula is C17H16Cl2N2O6S2. The lowest BCUT2D eigenvalue weighted by Crippen LogP contribution is -2.30. The minimum absolute atomic E-state index is 0.0357. The Labute approximate surface area is 178 Å². The maximum atomic E-state index is 12.9. The summed E-state index contributed by atoms with van der Waals surface area (Å²) in [5.74, 6) is -1.74. The molecule has 156 valence electrons. The number of halogens is 2. The molecule has 1 fully saturated rings. The highest BCUT2D eigenvalue weighted by atomic mass is 35.5. The van der Waals surface area contributed by atoms with Crippen molar-refractivity contribution in [3.8, 4) is 5.75 Å². The highest BCUT2D eigenvalue weighted by Crippen LogP contribution is 2.35. The van der Waals surface area contributed by atoms with Crippen molar-refractivity contribution in [1.29, 1.82) is 0 Å². The monoisotopic (exact) mass is 478 g/mol. The molecule has 3 rings (SSSR count). The zero-order chi connectivity index (χ0) is 21.6. The molecule has 29 heavy (non-hydrogen) atoms. The van der Waals surface area contributed by atoms with Crippen molar-refractivity contribution in [3.63, 3.8) is 0 Å². The van der Waals surface area contributed by atoms with E-state index >= 15 is 0 Å². The fraction of sp³-hybridized carbons (Fsp3) is 0.235. The molecule has 0 aromatic heterocycles. The van der Waals surface area contributed by atoms with E-state index in [9.17, 15) is 21.6 Å². The van der Waals surface area contributed by atoms with Crippen LogP contribution in [0, 0.1) is 5.92 Å². The van der Waals surface area contributed by atoms with Gasteiger partial charge in [0.05, 0.1) is 30.2 Å². The van der Waals surface area contributed by atoms with Crippen LogP contribution in [0.2, 0.25) is 10.0 Å². The van der Waals surface area contributed by atoms with Gasteiger partial charge < -0.3 is 4.74 Å². The number of rotatable bonds is 5. The fourth-order valence-corrected chi connectivity index (χ4v) is 6.48. The number of carbonyl (C=O) groups excluding carboxylic acids is 1.